The number of pyridine rings is 1. The SMILES string of the molecule is [B]c1ncc(-c2ccccc2)c2ccccc12. The first-order valence-corrected chi connectivity index (χ1v) is 5.55. The Morgan fingerprint density at radius 1 is 0.765 bits per heavy atom. The number of hydrogen-bond donors (Lipinski definition) is 0. The van der Waals surface area contributed by atoms with Crippen molar-refractivity contribution in [3.8, 4) is 11.1 Å². The molecule has 2 heteroatoms. The van der Waals surface area contributed by atoms with Crippen molar-refractivity contribution < 1.29 is 0 Å². The Bertz CT molecular complexity index is 662. The first-order valence-electron chi connectivity index (χ1n) is 5.55. The van der Waals surface area contributed by atoms with Crippen LogP contribution in [0, 0.1) is 0 Å². The molecule has 3 rings (SSSR count). The Labute approximate surface area is 102 Å². The standard InChI is InChI=1S/C15H10BN/c16-15-13-9-5-4-8-12(13)14(10-17-15)11-6-2-1-3-7-11/h1-10H. The summed E-state index contributed by atoms with van der Waals surface area (Å²) < 4.78 is 0. The summed E-state index contributed by atoms with van der Waals surface area (Å²) in [7, 11) is 5.89. The van der Waals surface area contributed by atoms with E-state index in [2.05, 4.69) is 23.2 Å². The Hall–Kier alpha value is -2.09. The van der Waals surface area contributed by atoms with Crippen molar-refractivity contribution in [2.75, 3.05) is 0 Å². The van der Waals surface area contributed by atoms with Gasteiger partial charge in [0, 0.05) is 11.8 Å². The molecule has 0 N–H and O–H groups in total. The van der Waals surface area contributed by atoms with Crippen LogP contribution in [0.25, 0.3) is 21.9 Å². The molecule has 0 unspecified atom stereocenters. The van der Waals surface area contributed by atoms with E-state index in [9.17, 15) is 0 Å². The van der Waals surface area contributed by atoms with Crippen LogP contribution in [-0.2, 0) is 0 Å². The molecule has 2 radical (unpaired) electrons. The van der Waals surface area contributed by atoms with Crippen LogP contribution >= 0.6 is 0 Å². The molecule has 1 heterocycles. The van der Waals surface area contributed by atoms with Crippen LogP contribution in [0.15, 0.2) is 60.8 Å². The van der Waals surface area contributed by atoms with Crippen molar-refractivity contribution in [1.82, 2.24) is 4.98 Å². The molecular formula is C15H10BN. The molecule has 0 aliphatic heterocycles. The van der Waals surface area contributed by atoms with Crippen LogP contribution in [0.4, 0.5) is 0 Å². The molecule has 0 spiro atoms. The number of benzene rings is 2. The summed E-state index contributed by atoms with van der Waals surface area (Å²) >= 11 is 0. The Balaban J connectivity index is 2.35. The monoisotopic (exact) mass is 215 g/mol. The van der Waals surface area contributed by atoms with Crippen LogP contribution in [0.5, 0.6) is 0 Å². The van der Waals surface area contributed by atoms with E-state index >= 15 is 0 Å². The van der Waals surface area contributed by atoms with E-state index in [1.54, 1.807) is 0 Å². The summed E-state index contributed by atoms with van der Waals surface area (Å²) in [5.74, 6) is 0. The van der Waals surface area contributed by atoms with Crippen molar-refractivity contribution in [3.63, 3.8) is 0 Å². The van der Waals surface area contributed by atoms with Gasteiger partial charge in [-0.1, -0.05) is 54.6 Å². The molecule has 0 atom stereocenters. The van der Waals surface area contributed by atoms with Gasteiger partial charge < -0.3 is 0 Å². The number of hydrogen-bond acceptors (Lipinski definition) is 1. The Morgan fingerprint density at radius 3 is 2.18 bits per heavy atom. The minimum Gasteiger partial charge on any atom is -0.272 e. The maximum atomic E-state index is 5.89. The molecule has 0 aliphatic rings. The average Bonchev–Trinajstić information content (AvgIpc) is 2.41. The van der Waals surface area contributed by atoms with E-state index < -0.39 is 0 Å². The van der Waals surface area contributed by atoms with E-state index in [0.717, 1.165) is 21.9 Å². The van der Waals surface area contributed by atoms with Gasteiger partial charge in [-0.05, 0) is 21.9 Å². The minimum absolute atomic E-state index is 0.584. The summed E-state index contributed by atoms with van der Waals surface area (Å²) in [5.41, 5.74) is 2.87. The number of nitrogens with zero attached hydrogens (tertiary/aromatic N) is 1. The zero-order valence-corrected chi connectivity index (χ0v) is 9.30. The van der Waals surface area contributed by atoms with Crippen molar-refractivity contribution in [3.05, 3.63) is 60.8 Å². The van der Waals surface area contributed by atoms with Gasteiger partial charge in [0.2, 0.25) is 0 Å². The highest BCUT2D eigenvalue weighted by Gasteiger charge is 2.05. The van der Waals surface area contributed by atoms with Crippen molar-refractivity contribution in [2.45, 2.75) is 0 Å². The van der Waals surface area contributed by atoms with Gasteiger partial charge in [0.05, 0.1) is 0 Å². The van der Waals surface area contributed by atoms with Gasteiger partial charge in [0.1, 0.15) is 7.85 Å². The van der Waals surface area contributed by atoms with Crippen molar-refractivity contribution in [2.24, 2.45) is 0 Å². The highest BCUT2D eigenvalue weighted by Crippen LogP contribution is 2.25. The largest absolute Gasteiger partial charge is 0.272 e. The molecule has 0 aliphatic carbocycles. The molecule has 0 bridgehead atoms. The fourth-order valence-corrected chi connectivity index (χ4v) is 2.06. The third-order valence-electron chi connectivity index (χ3n) is 2.91. The molecule has 2 aromatic carbocycles. The van der Waals surface area contributed by atoms with Gasteiger partial charge in [0.25, 0.3) is 0 Å². The van der Waals surface area contributed by atoms with E-state index in [1.165, 1.54) is 0 Å². The smallest absolute Gasteiger partial charge is 0.142 e. The number of aromatic nitrogens is 1. The predicted octanol–water partition coefficient (Wildman–Crippen LogP) is 2.70. The second kappa shape index (κ2) is 4.06. The summed E-state index contributed by atoms with van der Waals surface area (Å²) in [6.45, 7) is 0. The summed E-state index contributed by atoms with van der Waals surface area (Å²) in [4.78, 5) is 4.26. The summed E-state index contributed by atoms with van der Waals surface area (Å²) in [6.07, 6.45) is 1.84. The third-order valence-corrected chi connectivity index (χ3v) is 2.91. The van der Waals surface area contributed by atoms with Gasteiger partial charge in [-0.2, -0.15) is 0 Å². The topological polar surface area (TPSA) is 12.9 Å². The van der Waals surface area contributed by atoms with E-state index in [4.69, 9.17) is 7.85 Å². The lowest BCUT2D eigenvalue weighted by Crippen LogP contribution is -2.09. The zero-order chi connectivity index (χ0) is 11.7. The highest BCUT2D eigenvalue weighted by molar-refractivity contribution is 6.37. The maximum Gasteiger partial charge on any atom is 0.142 e. The van der Waals surface area contributed by atoms with E-state index in [0.29, 0.717) is 5.59 Å². The summed E-state index contributed by atoms with van der Waals surface area (Å²) in [5, 5.41) is 2.15. The predicted molar refractivity (Wildman–Crippen MR) is 72.6 cm³/mol. The number of fused-ring (bicyclic) bond motifs is 1. The first kappa shape index (κ1) is 10.1. The minimum atomic E-state index is 0.584. The van der Waals surface area contributed by atoms with Crippen LogP contribution in [-0.4, -0.2) is 12.8 Å². The highest BCUT2D eigenvalue weighted by atomic mass is 14.6. The molecule has 1 aromatic heterocycles. The lowest BCUT2D eigenvalue weighted by Gasteiger charge is -2.08. The average molecular weight is 215 g/mol. The van der Waals surface area contributed by atoms with Gasteiger partial charge in [0.15, 0.2) is 0 Å². The molecule has 0 saturated heterocycles. The van der Waals surface area contributed by atoms with Crippen LogP contribution in [0.2, 0.25) is 0 Å². The van der Waals surface area contributed by atoms with E-state index in [-0.39, 0.29) is 0 Å². The van der Waals surface area contributed by atoms with Gasteiger partial charge >= 0.3 is 0 Å². The van der Waals surface area contributed by atoms with Crippen molar-refractivity contribution in [1.29, 1.82) is 0 Å². The number of rotatable bonds is 1. The molecular weight excluding hydrogens is 205 g/mol. The lowest BCUT2D eigenvalue weighted by atomic mass is 9.92. The third kappa shape index (κ3) is 1.72. The Morgan fingerprint density at radius 2 is 1.41 bits per heavy atom. The van der Waals surface area contributed by atoms with Crippen LogP contribution in [0.3, 0.4) is 0 Å². The van der Waals surface area contributed by atoms with Crippen molar-refractivity contribution >= 4 is 24.2 Å². The zero-order valence-electron chi connectivity index (χ0n) is 9.30. The maximum absolute atomic E-state index is 5.89. The van der Waals surface area contributed by atoms with E-state index in [1.807, 2.05) is 42.6 Å². The molecule has 1 nitrogen and oxygen atoms in total. The second-order valence-electron chi connectivity index (χ2n) is 3.97. The lowest BCUT2D eigenvalue weighted by molar-refractivity contribution is 1.41. The fourth-order valence-electron chi connectivity index (χ4n) is 2.06. The molecule has 78 valence electrons. The molecule has 0 saturated carbocycles. The first-order chi connectivity index (χ1) is 8.36. The van der Waals surface area contributed by atoms with Crippen LogP contribution < -0.4 is 5.59 Å². The molecule has 0 fully saturated rings. The van der Waals surface area contributed by atoms with Gasteiger partial charge in [-0.15, -0.1) is 0 Å². The second-order valence-corrected chi connectivity index (χ2v) is 3.97. The molecule has 3 aromatic rings. The Kier molecular flexibility index (Phi) is 2.41. The summed E-state index contributed by atoms with van der Waals surface area (Å²) in [6, 6.07) is 18.3. The van der Waals surface area contributed by atoms with Gasteiger partial charge in [-0.25, -0.2) is 0 Å². The van der Waals surface area contributed by atoms with Crippen LogP contribution in [0.1, 0.15) is 0 Å². The quantitative estimate of drug-likeness (QED) is 0.568. The fraction of sp³-hybridized carbons (Fsp3) is 0. The molecule has 17 heavy (non-hydrogen) atoms. The normalized spacial score (nSPS) is 10.6. The van der Waals surface area contributed by atoms with Gasteiger partial charge in [-0.3, -0.25) is 4.98 Å². The molecule has 0 amide bonds.